The van der Waals surface area contributed by atoms with E-state index in [0.29, 0.717) is 5.56 Å². The van der Waals surface area contributed by atoms with E-state index in [-0.39, 0.29) is 0 Å². The number of aliphatic carboxylic acids is 1. The molecule has 3 nitrogen and oxygen atoms in total. The summed E-state index contributed by atoms with van der Waals surface area (Å²) in [5, 5.41) is 18.0. The Labute approximate surface area is 89.4 Å². The highest BCUT2D eigenvalue weighted by Crippen LogP contribution is 2.16. The monoisotopic (exact) mass is 208 g/mol. The summed E-state index contributed by atoms with van der Waals surface area (Å²) in [6, 6.07) is 7.13. The minimum absolute atomic E-state index is 0.455. The Balaban J connectivity index is 2.77. The fourth-order valence-corrected chi connectivity index (χ4v) is 1.44. The topological polar surface area (TPSA) is 57.5 Å². The molecule has 3 heteroatoms. The van der Waals surface area contributed by atoms with Gasteiger partial charge in [-0.3, -0.25) is 0 Å². The molecular weight excluding hydrogens is 192 g/mol. The van der Waals surface area contributed by atoms with Crippen LogP contribution < -0.4 is 0 Å². The summed E-state index contributed by atoms with van der Waals surface area (Å²) in [5.41, 5.74) is 1.53. The first-order valence-electron chi connectivity index (χ1n) is 5.15. The molecule has 1 aromatic rings. The maximum atomic E-state index is 10.6. The molecule has 0 spiro atoms. The first-order chi connectivity index (χ1) is 7.15. The number of benzene rings is 1. The molecule has 0 aliphatic rings. The number of aliphatic hydroxyl groups excluding tert-OH is 1. The average Bonchev–Trinajstić information content (AvgIpc) is 2.25. The summed E-state index contributed by atoms with van der Waals surface area (Å²) in [5.74, 6) is -1.21. The van der Waals surface area contributed by atoms with Crippen LogP contribution in [0.3, 0.4) is 0 Å². The normalized spacial score (nSPS) is 12.4. The summed E-state index contributed by atoms with van der Waals surface area (Å²) in [6.45, 7) is 2.11. The van der Waals surface area contributed by atoms with Gasteiger partial charge < -0.3 is 10.2 Å². The molecule has 0 radical (unpaired) electrons. The van der Waals surface area contributed by atoms with Crippen molar-refractivity contribution >= 4 is 5.97 Å². The fourth-order valence-electron chi connectivity index (χ4n) is 1.44. The minimum Gasteiger partial charge on any atom is -0.479 e. The lowest BCUT2D eigenvalue weighted by Crippen LogP contribution is -2.10. The number of aryl methyl sites for hydroxylation is 1. The number of carbonyl (C=O) groups is 1. The molecule has 0 amide bonds. The van der Waals surface area contributed by atoms with Gasteiger partial charge in [-0.15, -0.1) is 0 Å². The van der Waals surface area contributed by atoms with Gasteiger partial charge in [0, 0.05) is 0 Å². The zero-order valence-electron chi connectivity index (χ0n) is 8.81. The van der Waals surface area contributed by atoms with E-state index < -0.39 is 12.1 Å². The van der Waals surface area contributed by atoms with E-state index in [2.05, 4.69) is 6.92 Å². The molecule has 1 rings (SSSR count). The number of unbranched alkanes of at least 4 members (excludes halogenated alkanes) is 1. The SMILES string of the molecule is CCCCc1cccc([C@@H](O)C(=O)O)c1. The maximum absolute atomic E-state index is 10.6. The lowest BCUT2D eigenvalue weighted by Gasteiger charge is -2.07. The van der Waals surface area contributed by atoms with Gasteiger partial charge in [-0.05, 0) is 24.0 Å². The molecule has 82 valence electrons. The van der Waals surface area contributed by atoms with Crippen molar-refractivity contribution < 1.29 is 15.0 Å². The molecule has 15 heavy (non-hydrogen) atoms. The van der Waals surface area contributed by atoms with Gasteiger partial charge in [0.25, 0.3) is 0 Å². The Morgan fingerprint density at radius 2 is 2.20 bits per heavy atom. The highest BCUT2D eigenvalue weighted by atomic mass is 16.4. The Hall–Kier alpha value is -1.35. The third kappa shape index (κ3) is 3.36. The van der Waals surface area contributed by atoms with Crippen LogP contribution in [-0.4, -0.2) is 16.2 Å². The van der Waals surface area contributed by atoms with Crippen LogP contribution in [0, 0.1) is 0 Å². The lowest BCUT2D eigenvalue weighted by molar-refractivity contribution is -0.146. The molecular formula is C12H16O3. The number of aliphatic hydroxyl groups is 1. The van der Waals surface area contributed by atoms with E-state index in [4.69, 9.17) is 5.11 Å². The highest BCUT2D eigenvalue weighted by Gasteiger charge is 2.15. The molecule has 0 saturated carbocycles. The van der Waals surface area contributed by atoms with Crippen molar-refractivity contribution in [1.82, 2.24) is 0 Å². The third-order valence-corrected chi connectivity index (χ3v) is 2.32. The van der Waals surface area contributed by atoms with E-state index in [1.54, 1.807) is 18.2 Å². The maximum Gasteiger partial charge on any atom is 0.337 e. The van der Waals surface area contributed by atoms with Gasteiger partial charge in [0.1, 0.15) is 0 Å². The molecule has 0 aromatic heterocycles. The quantitative estimate of drug-likeness (QED) is 0.779. The third-order valence-electron chi connectivity index (χ3n) is 2.32. The van der Waals surface area contributed by atoms with Crippen LogP contribution in [0.15, 0.2) is 24.3 Å². The smallest absolute Gasteiger partial charge is 0.337 e. The Morgan fingerprint density at radius 1 is 1.47 bits per heavy atom. The average molecular weight is 208 g/mol. The predicted octanol–water partition coefficient (Wildman–Crippen LogP) is 2.15. The van der Waals surface area contributed by atoms with Crippen molar-refractivity contribution in [2.24, 2.45) is 0 Å². The van der Waals surface area contributed by atoms with Crippen LogP contribution >= 0.6 is 0 Å². The van der Waals surface area contributed by atoms with Crippen LogP contribution in [0.2, 0.25) is 0 Å². The second kappa shape index (κ2) is 5.51. The van der Waals surface area contributed by atoms with Crippen molar-refractivity contribution in [3.05, 3.63) is 35.4 Å². The predicted molar refractivity (Wildman–Crippen MR) is 57.6 cm³/mol. The van der Waals surface area contributed by atoms with Crippen LogP contribution in [-0.2, 0) is 11.2 Å². The van der Waals surface area contributed by atoms with E-state index in [0.717, 1.165) is 24.8 Å². The van der Waals surface area contributed by atoms with Gasteiger partial charge in [0.15, 0.2) is 6.10 Å². The Bertz CT molecular complexity index is 333. The fraction of sp³-hybridized carbons (Fsp3) is 0.417. The number of carboxylic acids is 1. The molecule has 2 N–H and O–H groups in total. The van der Waals surface area contributed by atoms with Gasteiger partial charge in [-0.2, -0.15) is 0 Å². The number of carboxylic acid groups (broad SMARTS) is 1. The number of hydrogen-bond acceptors (Lipinski definition) is 2. The largest absolute Gasteiger partial charge is 0.479 e. The summed E-state index contributed by atoms with van der Waals surface area (Å²) in [7, 11) is 0. The molecule has 0 aliphatic heterocycles. The first-order valence-corrected chi connectivity index (χ1v) is 5.15. The lowest BCUT2D eigenvalue weighted by atomic mass is 10.0. The Kier molecular flexibility index (Phi) is 4.31. The summed E-state index contributed by atoms with van der Waals surface area (Å²) < 4.78 is 0. The van der Waals surface area contributed by atoms with Gasteiger partial charge in [-0.25, -0.2) is 4.79 Å². The molecule has 0 fully saturated rings. The van der Waals surface area contributed by atoms with Crippen molar-refractivity contribution in [2.45, 2.75) is 32.3 Å². The Morgan fingerprint density at radius 3 is 2.80 bits per heavy atom. The van der Waals surface area contributed by atoms with Crippen LogP contribution in [0.1, 0.15) is 37.0 Å². The molecule has 0 aliphatic carbocycles. The zero-order valence-corrected chi connectivity index (χ0v) is 8.81. The van der Waals surface area contributed by atoms with Gasteiger partial charge in [0.05, 0.1) is 0 Å². The van der Waals surface area contributed by atoms with Crippen molar-refractivity contribution in [3.63, 3.8) is 0 Å². The molecule has 1 atom stereocenters. The molecule has 0 unspecified atom stereocenters. The van der Waals surface area contributed by atoms with E-state index in [9.17, 15) is 9.90 Å². The molecule has 0 bridgehead atoms. The zero-order chi connectivity index (χ0) is 11.3. The van der Waals surface area contributed by atoms with Gasteiger partial charge in [-0.1, -0.05) is 37.6 Å². The summed E-state index contributed by atoms with van der Waals surface area (Å²) in [6.07, 6.45) is 1.70. The van der Waals surface area contributed by atoms with Gasteiger partial charge in [0.2, 0.25) is 0 Å². The summed E-state index contributed by atoms with van der Waals surface area (Å²) >= 11 is 0. The van der Waals surface area contributed by atoms with Crippen molar-refractivity contribution in [3.8, 4) is 0 Å². The van der Waals surface area contributed by atoms with E-state index >= 15 is 0 Å². The van der Waals surface area contributed by atoms with Gasteiger partial charge >= 0.3 is 5.97 Å². The molecule has 1 aromatic carbocycles. The van der Waals surface area contributed by atoms with E-state index in [1.807, 2.05) is 6.07 Å². The first kappa shape index (κ1) is 11.7. The number of rotatable bonds is 5. The standard InChI is InChI=1S/C12H16O3/c1-2-3-5-9-6-4-7-10(8-9)11(13)12(14)15/h4,6-8,11,13H,2-3,5H2,1H3,(H,14,15)/t11-/m1/s1. The van der Waals surface area contributed by atoms with E-state index in [1.165, 1.54) is 0 Å². The van der Waals surface area contributed by atoms with Crippen LogP contribution in [0.4, 0.5) is 0 Å². The minimum atomic E-state index is -1.41. The summed E-state index contributed by atoms with van der Waals surface area (Å²) in [4.78, 5) is 10.6. The second-order valence-electron chi connectivity index (χ2n) is 3.59. The highest BCUT2D eigenvalue weighted by molar-refractivity contribution is 5.74. The second-order valence-corrected chi connectivity index (χ2v) is 3.59. The van der Waals surface area contributed by atoms with Crippen molar-refractivity contribution in [1.29, 1.82) is 0 Å². The van der Waals surface area contributed by atoms with Crippen LogP contribution in [0.25, 0.3) is 0 Å². The molecule has 0 heterocycles. The number of hydrogen-bond donors (Lipinski definition) is 2. The van der Waals surface area contributed by atoms with Crippen LogP contribution in [0.5, 0.6) is 0 Å². The van der Waals surface area contributed by atoms with Crippen molar-refractivity contribution in [2.75, 3.05) is 0 Å². The molecule has 0 saturated heterocycles.